The summed E-state index contributed by atoms with van der Waals surface area (Å²) in [5.74, 6) is 0.462. The number of rotatable bonds is 6. The summed E-state index contributed by atoms with van der Waals surface area (Å²) in [5, 5.41) is 8.10. The quantitative estimate of drug-likeness (QED) is 0.726. The Morgan fingerprint density at radius 2 is 2.04 bits per heavy atom. The van der Waals surface area contributed by atoms with Crippen molar-refractivity contribution < 1.29 is 18.7 Å². The van der Waals surface area contributed by atoms with Crippen LogP contribution < -0.4 is 0 Å². The van der Waals surface area contributed by atoms with E-state index in [1.165, 1.54) is 0 Å². The summed E-state index contributed by atoms with van der Waals surface area (Å²) in [5.41, 5.74) is 2.02. The van der Waals surface area contributed by atoms with Gasteiger partial charge in [0.25, 0.3) is 0 Å². The minimum atomic E-state index is -0.223. The average Bonchev–Trinajstić information content (AvgIpc) is 3.16. The molecule has 0 unspecified atom stereocenters. The average molecular weight is 371 g/mol. The van der Waals surface area contributed by atoms with Crippen molar-refractivity contribution in [3.05, 3.63) is 35.7 Å². The molecule has 1 aromatic heterocycles. The molecule has 1 fully saturated rings. The molecule has 0 saturated carbocycles. The maximum absolute atomic E-state index is 12.5. The van der Waals surface area contributed by atoms with E-state index >= 15 is 0 Å². The SMILES string of the molecule is CCOC(=O)[C@@H]1CCCN(C(=O)CCc2nnc(-c3ccc(C)cc3)o2)C1. The summed E-state index contributed by atoms with van der Waals surface area (Å²) in [7, 11) is 0. The van der Waals surface area contributed by atoms with Crippen LogP contribution >= 0.6 is 0 Å². The van der Waals surface area contributed by atoms with Crippen molar-refractivity contribution in [3.8, 4) is 11.5 Å². The molecule has 3 rings (SSSR count). The van der Waals surface area contributed by atoms with E-state index in [2.05, 4.69) is 10.2 Å². The van der Waals surface area contributed by atoms with E-state index in [-0.39, 0.29) is 24.2 Å². The molecule has 1 aromatic carbocycles. The molecule has 0 aliphatic carbocycles. The van der Waals surface area contributed by atoms with E-state index in [0.717, 1.165) is 24.0 Å². The van der Waals surface area contributed by atoms with Gasteiger partial charge in [-0.05, 0) is 38.8 Å². The fourth-order valence-corrected chi connectivity index (χ4v) is 3.20. The van der Waals surface area contributed by atoms with Gasteiger partial charge in [-0.25, -0.2) is 0 Å². The highest BCUT2D eigenvalue weighted by atomic mass is 16.5. The number of benzene rings is 1. The summed E-state index contributed by atoms with van der Waals surface area (Å²) < 4.78 is 10.8. The number of amides is 1. The second kappa shape index (κ2) is 8.79. The van der Waals surface area contributed by atoms with E-state index in [9.17, 15) is 9.59 Å². The van der Waals surface area contributed by atoms with Gasteiger partial charge in [0.1, 0.15) is 0 Å². The lowest BCUT2D eigenvalue weighted by molar-refractivity contribution is -0.151. The first-order valence-corrected chi connectivity index (χ1v) is 9.40. The standard InChI is InChI=1S/C20H25N3O4/c1-3-26-20(25)16-5-4-12-23(13-16)18(24)11-10-17-21-22-19(27-17)15-8-6-14(2)7-9-15/h6-9,16H,3-5,10-13H2,1-2H3/t16-/m1/s1. The van der Waals surface area contributed by atoms with Crippen molar-refractivity contribution in [3.63, 3.8) is 0 Å². The maximum atomic E-state index is 12.5. The Bertz CT molecular complexity index is 785. The van der Waals surface area contributed by atoms with Gasteiger partial charge in [0.15, 0.2) is 0 Å². The van der Waals surface area contributed by atoms with E-state index in [4.69, 9.17) is 9.15 Å². The third kappa shape index (κ3) is 4.93. The van der Waals surface area contributed by atoms with Crippen LogP contribution in [0.4, 0.5) is 0 Å². The van der Waals surface area contributed by atoms with E-state index in [1.807, 2.05) is 31.2 Å². The van der Waals surface area contributed by atoms with Gasteiger partial charge in [-0.2, -0.15) is 0 Å². The van der Waals surface area contributed by atoms with Crippen LogP contribution in [-0.2, 0) is 20.7 Å². The Labute approximate surface area is 158 Å². The second-order valence-electron chi connectivity index (χ2n) is 6.80. The smallest absolute Gasteiger partial charge is 0.310 e. The molecular formula is C20H25N3O4. The molecule has 7 nitrogen and oxygen atoms in total. The maximum Gasteiger partial charge on any atom is 0.310 e. The number of nitrogens with zero attached hydrogens (tertiary/aromatic N) is 3. The molecule has 2 heterocycles. The van der Waals surface area contributed by atoms with Crippen LogP contribution in [0.15, 0.2) is 28.7 Å². The second-order valence-corrected chi connectivity index (χ2v) is 6.80. The van der Waals surface area contributed by atoms with Crippen LogP contribution in [0.5, 0.6) is 0 Å². The molecule has 1 aliphatic heterocycles. The van der Waals surface area contributed by atoms with Gasteiger partial charge in [0, 0.05) is 31.5 Å². The highest BCUT2D eigenvalue weighted by molar-refractivity contribution is 5.78. The predicted octanol–water partition coefficient (Wildman–Crippen LogP) is 2.78. The predicted molar refractivity (Wildman–Crippen MR) is 98.7 cm³/mol. The Hall–Kier alpha value is -2.70. The van der Waals surface area contributed by atoms with E-state index in [0.29, 0.717) is 37.9 Å². The number of hydrogen-bond donors (Lipinski definition) is 0. The molecule has 1 aliphatic rings. The zero-order valence-electron chi connectivity index (χ0n) is 15.8. The Morgan fingerprint density at radius 3 is 2.78 bits per heavy atom. The van der Waals surface area contributed by atoms with E-state index in [1.54, 1.807) is 11.8 Å². The number of hydrogen-bond acceptors (Lipinski definition) is 6. The number of piperidine rings is 1. The Kier molecular flexibility index (Phi) is 6.21. The topological polar surface area (TPSA) is 85.5 Å². The van der Waals surface area contributed by atoms with Gasteiger partial charge >= 0.3 is 5.97 Å². The zero-order chi connectivity index (χ0) is 19.2. The van der Waals surface area contributed by atoms with Gasteiger partial charge < -0.3 is 14.1 Å². The number of ether oxygens (including phenoxy) is 1. The van der Waals surface area contributed by atoms with Crippen LogP contribution in [-0.4, -0.2) is 46.7 Å². The van der Waals surface area contributed by atoms with Crippen molar-refractivity contribution in [2.75, 3.05) is 19.7 Å². The van der Waals surface area contributed by atoms with E-state index < -0.39 is 0 Å². The van der Waals surface area contributed by atoms with Crippen LogP contribution in [0, 0.1) is 12.8 Å². The Morgan fingerprint density at radius 1 is 1.26 bits per heavy atom. The van der Waals surface area contributed by atoms with Crippen molar-refractivity contribution in [1.82, 2.24) is 15.1 Å². The normalized spacial score (nSPS) is 17.0. The van der Waals surface area contributed by atoms with Crippen molar-refractivity contribution in [2.24, 2.45) is 5.92 Å². The molecule has 1 amide bonds. The summed E-state index contributed by atoms with van der Waals surface area (Å²) in [6, 6.07) is 7.83. The zero-order valence-corrected chi connectivity index (χ0v) is 15.8. The molecule has 0 spiro atoms. The van der Waals surface area contributed by atoms with Crippen molar-refractivity contribution >= 4 is 11.9 Å². The number of esters is 1. The molecule has 0 bridgehead atoms. The van der Waals surface area contributed by atoms with Gasteiger partial charge in [-0.1, -0.05) is 17.7 Å². The minimum Gasteiger partial charge on any atom is -0.466 e. The molecule has 7 heteroatoms. The first-order valence-electron chi connectivity index (χ1n) is 9.40. The fraction of sp³-hybridized carbons (Fsp3) is 0.500. The molecule has 1 saturated heterocycles. The summed E-state index contributed by atoms with van der Waals surface area (Å²) in [6.07, 6.45) is 2.25. The van der Waals surface area contributed by atoms with Crippen LogP contribution in [0.2, 0.25) is 0 Å². The highest BCUT2D eigenvalue weighted by Crippen LogP contribution is 2.21. The molecule has 144 valence electrons. The first-order chi connectivity index (χ1) is 13.1. The highest BCUT2D eigenvalue weighted by Gasteiger charge is 2.29. The van der Waals surface area contributed by atoms with Crippen LogP contribution in [0.1, 0.15) is 37.6 Å². The first kappa shape index (κ1) is 19.1. The van der Waals surface area contributed by atoms with Gasteiger partial charge in [0.2, 0.25) is 17.7 Å². The third-order valence-corrected chi connectivity index (χ3v) is 4.71. The number of carbonyl (C=O) groups is 2. The molecule has 27 heavy (non-hydrogen) atoms. The third-order valence-electron chi connectivity index (χ3n) is 4.71. The molecular weight excluding hydrogens is 346 g/mol. The lowest BCUT2D eigenvalue weighted by Crippen LogP contribution is -2.42. The summed E-state index contributed by atoms with van der Waals surface area (Å²) in [4.78, 5) is 26.1. The molecule has 0 radical (unpaired) electrons. The van der Waals surface area contributed by atoms with Gasteiger partial charge in [-0.3, -0.25) is 9.59 Å². The number of carbonyl (C=O) groups excluding carboxylic acids is 2. The Balaban J connectivity index is 1.53. The minimum absolute atomic E-state index is 0.000848. The number of aryl methyl sites for hydroxylation is 2. The largest absolute Gasteiger partial charge is 0.466 e. The molecule has 0 N–H and O–H groups in total. The monoisotopic (exact) mass is 371 g/mol. The van der Waals surface area contributed by atoms with Crippen LogP contribution in [0.3, 0.4) is 0 Å². The molecule has 1 atom stereocenters. The number of likely N-dealkylation sites (tertiary alicyclic amines) is 1. The summed E-state index contributed by atoms with van der Waals surface area (Å²) in [6.45, 7) is 5.27. The van der Waals surface area contributed by atoms with Gasteiger partial charge in [0.05, 0.1) is 12.5 Å². The fourth-order valence-electron chi connectivity index (χ4n) is 3.20. The van der Waals surface area contributed by atoms with Crippen molar-refractivity contribution in [2.45, 2.75) is 39.5 Å². The van der Waals surface area contributed by atoms with Crippen molar-refractivity contribution in [1.29, 1.82) is 0 Å². The lowest BCUT2D eigenvalue weighted by Gasteiger charge is -2.31. The lowest BCUT2D eigenvalue weighted by atomic mass is 9.98. The molecule has 2 aromatic rings. The summed E-state index contributed by atoms with van der Waals surface area (Å²) >= 11 is 0. The van der Waals surface area contributed by atoms with Crippen LogP contribution in [0.25, 0.3) is 11.5 Å². The van der Waals surface area contributed by atoms with Gasteiger partial charge in [-0.15, -0.1) is 10.2 Å². The number of aromatic nitrogens is 2.